The molecule has 0 aliphatic heterocycles. The summed E-state index contributed by atoms with van der Waals surface area (Å²) in [6.07, 6.45) is 3.63. The van der Waals surface area contributed by atoms with Crippen molar-refractivity contribution in [2.24, 2.45) is 5.84 Å². The zero-order valence-electron chi connectivity index (χ0n) is 9.58. The molecule has 92 valence electrons. The first kappa shape index (κ1) is 14.0. The number of nitrogens with one attached hydrogen (secondary N) is 1. The zero-order valence-corrected chi connectivity index (χ0v) is 11.9. The molecule has 1 aromatic rings. The van der Waals surface area contributed by atoms with Crippen LogP contribution >= 0.6 is 27.5 Å². The van der Waals surface area contributed by atoms with Crippen molar-refractivity contribution in [3.05, 3.63) is 16.4 Å². The smallest absolute Gasteiger partial charge is 0.0712 e. The molecule has 6 heteroatoms. The van der Waals surface area contributed by atoms with Gasteiger partial charge in [-0.2, -0.15) is 5.10 Å². The van der Waals surface area contributed by atoms with Crippen LogP contribution in [0.25, 0.3) is 0 Å². The normalized spacial score (nSPS) is 13.4. The van der Waals surface area contributed by atoms with Crippen LogP contribution in [0.15, 0.2) is 10.7 Å². The van der Waals surface area contributed by atoms with Crippen molar-refractivity contribution >= 4 is 27.5 Å². The van der Waals surface area contributed by atoms with Crippen LogP contribution in [0.3, 0.4) is 0 Å². The summed E-state index contributed by atoms with van der Waals surface area (Å²) >= 11 is 9.21. The summed E-state index contributed by atoms with van der Waals surface area (Å²) in [5, 5.41) is 4.33. The minimum absolute atomic E-state index is 0.0815. The van der Waals surface area contributed by atoms with Crippen molar-refractivity contribution < 1.29 is 0 Å². The first-order valence-electron chi connectivity index (χ1n) is 5.36. The molecule has 0 radical (unpaired) electrons. The summed E-state index contributed by atoms with van der Waals surface area (Å²) in [5.41, 5.74) is 3.91. The maximum atomic E-state index is 5.70. The number of hydrazine groups is 1. The lowest BCUT2D eigenvalue weighted by molar-refractivity contribution is 0.430. The molecular weight excluding hydrogens is 291 g/mol. The van der Waals surface area contributed by atoms with Crippen LogP contribution in [0.1, 0.15) is 44.5 Å². The zero-order chi connectivity index (χ0) is 12.1. The third-order valence-electron chi connectivity index (χ3n) is 2.43. The van der Waals surface area contributed by atoms with Gasteiger partial charge in [0.2, 0.25) is 0 Å². The van der Waals surface area contributed by atoms with Gasteiger partial charge in [0.05, 0.1) is 22.4 Å². The van der Waals surface area contributed by atoms with Gasteiger partial charge in [0, 0.05) is 11.9 Å². The Bertz CT molecular complexity index is 327. The average molecular weight is 310 g/mol. The van der Waals surface area contributed by atoms with Crippen molar-refractivity contribution in [1.82, 2.24) is 15.2 Å². The Morgan fingerprint density at radius 2 is 2.31 bits per heavy atom. The van der Waals surface area contributed by atoms with Crippen LogP contribution < -0.4 is 11.3 Å². The molecular formula is C10H18BrClN4. The highest BCUT2D eigenvalue weighted by Gasteiger charge is 2.19. The molecule has 3 N–H and O–H groups in total. The van der Waals surface area contributed by atoms with Gasteiger partial charge >= 0.3 is 0 Å². The molecule has 1 heterocycles. The Labute approximate surface area is 110 Å². The van der Waals surface area contributed by atoms with Crippen LogP contribution in [0, 0.1) is 0 Å². The molecule has 0 saturated carbocycles. The summed E-state index contributed by atoms with van der Waals surface area (Å²) in [6, 6.07) is 0.395. The fraction of sp³-hybridized carbons (Fsp3) is 0.700. The number of rotatable bonds is 6. The van der Waals surface area contributed by atoms with Crippen molar-refractivity contribution in [2.45, 2.75) is 38.8 Å². The Morgan fingerprint density at radius 3 is 2.81 bits per heavy atom. The maximum Gasteiger partial charge on any atom is 0.0712 e. The summed E-state index contributed by atoms with van der Waals surface area (Å²) in [6.45, 7) is 4.19. The molecule has 16 heavy (non-hydrogen) atoms. The van der Waals surface area contributed by atoms with Crippen LogP contribution in [0.5, 0.6) is 0 Å². The molecule has 4 nitrogen and oxygen atoms in total. The average Bonchev–Trinajstić information content (AvgIpc) is 2.62. The first-order valence-corrected chi connectivity index (χ1v) is 6.69. The molecule has 0 saturated heterocycles. The number of aromatic nitrogens is 2. The molecule has 0 fully saturated rings. The highest BCUT2D eigenvalue weighted by atomic mass is 79.9. The second-order valence-corrected chi connectivity index (χ2v) is 5.20. The molecule has 1 aromatic heterocycles. The van der Waals surface area contributed by atoms with E-state index in [9.17, 15) is 0 Å². The molecule has 1 rings (SSSR count). The topological polar surface area (TPSA) is 55.9 Å². The number of nitrogens with two attached hydrogens (primary N) is 1. The van der Waals surface area contributed by atoms with Crippen molar-refractivity contribution in [3.8, 4) is 0 Å². The van der Waals surface area contributed by atoms with Crippen LogP contribution in [-0.4, -0.2) is 15.7 Å². The quantitative estimate of drug-likeness (QED) is 0.482. The second kappa shape index (κ2) is 6.59. The van der Waals surface area contributed by atoms with E-state index in [1.807, 2.05) is 4.68 Å². The van der Waals surface area contributed by atoms with Gasteiger partial charge < -0.3 is 0 Å². The largest absolute Gasteiger partial charge is 0.271 e. The number of halogens is 2. The Hall–Kier alpha value is -0.100. The molecule has 0 bridgehead atoms. The highest BCUT2D eigenvalue weighted by Crippen LogP contribution is 2.28. The molecule has 1 atom stereocenters. The maximum absolute atomic E-state index is 5.70. The van der Waals surface area contributed by atoms with E-state index in [0.29, 0.717) is 11.9 Å². The SMILES string of the molecule is CC(C)n1ncc(Br)c1C(CCCCl)NN. The van der Waals surface area contributed by atoms with Gasteiger partial charge in [0.15, 0.2) is 0 Å². The Morgan fingerprint density at radius 1 is 1.62 bits per heavy atom. The van der Waals surface area contributed by atoms with Crippen molar-refractivity contribution in [2.75, 3.05) is 5.88 Å². The number of nitrogens with zero attached hydrogens (tertiary/aromatic N) is 2. The minimum atomic E-state index is 0.0815. The standard InChI is InChI=1S/C10H18BrClN4/c1-7(2)16-10(8(11)6-14-16)9(15-13)4-3-5-12/h6-7,9,15H,3-5,13H2,1-2H3. The predicted octanol–water partition coefficient (Wildman–Crippen LogP) is 2.75. The summed E-state index contributed by atoms with van der Waals surface area (Å²) in [5.74, 6) is 6.23. The fourth-order valence-electron chi connectivity index (χ4n) is 1.67. The van der Waals surface area contributed by atoms with E-state index < -0.39 is 0 Å². The van der Waals surface area contributed by atoms with Crippen molar-refractivity contribution in [3.63, 3.8) is 0 Å². The molecule has 0 aromatic carbocycles. The third kappa shape index (κ3) is 3.20. The van der Waals surface area contributed by atoms with Gasteiger partial charge in [0.25, 0.3) is 0 Å². The number of alkyl halides is 1. The Kier molecular flexibility index (Phi) is 5.75. The molecule has 0 aliphatic carbocycles. The van der Waals surface area contributed by atoms with E-state index in [4.69, 9.17) is 17.4 Å². The van der Waals surface area contributed by atoms with Gasteiger partial charge in [-0.05, 0) is 42.6 Å². The van der Waals surface area contributed by atoms with Crippen LogP contribution in [0.2, 0.25) is 0 Å². The molecule has 1 unspecified atom stereocenters. The van der Waals surface area contributed by atoms with E-state index in [2.05, 4.69) is 40.3 Å². The van der Waals surface area contributed by atoms with E-state index in [1.165, 1.54) is 0 Å². The molecule has 0 amide bonds. The van der Waals surface area contributed by atoms with Gasteiger partial charge in [0.1, 0.15) is 0 Å². The van der Waals surface area contributed by atoms with E-state index >= 15 is 0 Å². The van der Waals surface area contributed by atoms with E-state index in [1.54, 1.807) is 6.20 Å². The third-order valence-corrected chi connectivity index (χ3v) is 3.31. The first-order chi connectivity index (χ1) is 7.61. The molecule has 0 spiro atoms. The van der Waals surface area contributed by atoms with Crippen LogP contribution in [-0.2, 0) is 0 Å². The highest BCUT2D eigenvalue weighted by molar-refractivity contribution is 9.10. The minimum Gasteiger partial charge on any atom is -0.271 e. The fourth-order valence-corrected chi connectivity index (χ4v) is 2.37. The van der Waals surface area contributed by atoms with Gasteiger partial charge in [-0.3, -0.25) is 16.0 Å². The van der Waals surface area contributed by atoms with E-state index in [-0.39, 0.29) is 6.04 Å². The monoisotopic (exact) mass is 308 g/mol. The van der Waals surface area contributed by atoms with E-state index in [0.717, 1.165) is 23.0 Å². The number of hydrogen-bond donors (Lipinski definition) is 2. The summed E-state index contributed by atoms with van der Waals surface area (Å²) < 4.78 is 2.96. The van der Waals surface area contributed by atoms with Crippen LogP contribution in [0.4, 0.5) is 0 Å². The lowest BCUT2D eigenvalue weighted by atomic mass is 10.1. The lowest BCUT2D eigenvalue weighted by Gasteiger charge is -2.20. The lowest BCUT2D eigenvalue weighted by Crippen LogP contribution is -2.30. The van der Waals surface area contributed by atoms with Gasteiger partial charge in [-0.25, -0.2) is 0 Å². The van der Waals surface area contributed by atoms with Gasteiger partial charge in [-0.15, -0.1) is 11.6 Å². The molecule has 0 aliphatic rings. The van der Waals surface area contributed by atoms with Gasteiger partial charge in [-0.1, -0.05) is 0 Å². The van der Waals surface area contributed by atoms with Crippen molar-refractivity contribution in [1.29, 1.82) is 0 Å². The second-order valence-electron chi connectivity index (χ2n) is 3.97. The summed E-state index contributed by atoms with van der Waals surface area (Å²) in [4.78, 5) is 0. The summed E-state index contributed by atoms with van der Waals surface area (Å²) in [7, 11) is 0. The Balaban J connectivity index is 2.93. The predicted molar refractivity (Wildman–Crippen MR) is 70.3 cm³/mol. The number of hydrogen-bond acceptors (Lipinski definition) is 3.